The highest BCUT2D eigenvalue weighted by atomic mass is 79.9. The number of carboxylic acid groups (broad SMARTS) is 3. The Balaban J connectivity index is 0.000000505. The zero-order valence-electron chi connectivity index (χ0n) is 25.7. The summed E-state index contributed by atoms with van der Waals surface area (Å²) in [6, 6.07) is 17.3. The van der Waals surface area contributed by atoms with Gasteiger partial charge in [-0.3, -0.25) is 9.78 Å². The van der Waals surface area contributed by atoms with Crippen molar-refractivity contribution in [1.82, 2.24) is 4.98 Å². The number of nitrogens with one attached hydrogen (secondary N) is 1. The molecule has 1 saturated heterocycles. The van der Waals surface area contributed by atoms with Gasteiger partial charge in [0, 0.05) is 71.7 Å². The van der Waals surface area contributed by atoms with Gasteiger partial charge in [0.25, 0.3) is 5.91 Å². The second-order valence-electron chi connectivity index (χ2n) is 9.47. The third-order valence-corrected chi connectivity index (χ3v) is 6.33. The maximum Gasteiger partial charge on any atom is 0.490 e. The molecule has 0 spiro atoms. The summed E-state index contributed by atoms with van der Waals surface area (Å²) in [5.41, 5.74) is 3.54. The number of aliphatic carboxylic acids is 3. The second-order valence-corrected chi connectivity index (χ2v) is 10.4. The fourth-order valence-corrected chi connectivity index (χ4v) is 4.05. The van der Waals surface area contributed by atoms with E-state index < -0.39 is 36.4 Å². The Morgan fingerprint density at radius 3 is 1.55 bits per heavy atom. The minimum atomic E-state index is -5.08. The first-order chi connectivity index (χ1) is 23.4. The number of benzene rings is 2. The van der Waals surface area contributed by atoms with Crippen LogP contribution in [-0.4, -0.2) is 95.9 Å². The molecule has 2 heterocycles. The molecule has 4 N–H and O–H groups in total. The number of pyridine rings is 1. The molecule has 4 rings (SSSR count). The van der Waals surface area contributed by atoms with Gasteiger partial charge in [0.2, 0.25) is 0 Å². The van der Waals surface area contributed by atoms with Crippen LogP contribution in [0, 0.1) is 0 Å². The van der Waals surface area contributed by atoms with E-state index in [2.05, 4.69) is 42.1 Å². The second kappa shape index (κ2) is 19.2. The molecule has 0 unspecified atom stereocenters. The lowest BCUT2D eigenvalue weighted by molar-refractivity contribution is -0.193. The summed E-state index contributed by atoms with van der Waals surface area (Å²) in [6.45, 7) is 3.61. The summed E-state index contributed by atoms with van der Waals surface area (Å²) in [7, 11) is 1.61. The van der Waals surface area contributed by atoms with E-state index in [9.17, 15) is 44.3 Å². The van der Waals surface area contributed by atoms with Crippen molar-refractivity contribution in [3.8, 4) is 5.75 Å². The highest BCUT2D eigenvalue weighted by Crippen LogP contribution is 2.26. The normalized spacial score (nSPS) is 12.8. The predicted octanol–water partition coefficient (Wildman–Crippen LogP) is 6.33. The van der Waals surface area contributed by atoms with Gasteiger partial charge in [-0.15, -0.1) is 0 Å². The number of carboxylic acids is 3. The Hall–Kier alpha value is -5.28. The molecule has 0 atom stereocenters. The van der Waals surface area contributed by atoms with Gasteiger partial charge in [0.05, 0.1) is 7.11 Å². The van der Waals surface area contributed by atoms with E-state index in [4.69, 9.17) is 34.4 Å². The van der Waals surface area contributed by atoms with Gasteiger partial charge in [-0.1, -0.05) is 22.0 Å². The Labute approximate surface area is 290 Å². The van der Waals surface area contributed by atoms with Crippen LogP contribution < -0.4 is 19.9 Å². The van der Waals surface area contributed by atoms with Crippen LogP contribution in [0.5, 0.6) is 5.75 Å². The van der Waals surface area contributed by atoms with Gasteiger partial charge in [-0.05, 0) is 42.5 Å². The van der Waals surface area contributed by atoms with Gasteiger partial charge in [-0.25, -0.2) is 14.4 Å². The number of hydrogen-bond donors (Lipinski definition) is 4. The molecule has 0 aliphatic carbocycles. The van der Waals surface area contributed by atoms with Crippen LogP contribution in [0.25, 0.3) is 0 Å². The smallest absolute Gasteiger partial charge is 0.490 e. The molecule has 3 aromatic rings. The lowest BCUT2D eigenvalue weighted by Gasteiger charge is -2.37. The van der Waals surface area contributed by atoms with Gasteiger partial charge >= 0.3 is 36.4 Å². The first kappa shape index (κ1) is 43.7. The van der Waals surface area contributed by atoms with E-state index in [1.165, 1.54) is 5.69 Å². The van der Waals surface area contributed by atoms with Crippen molar-refractivity contribution in [2.75, 3.05) is 48.4 Å². The number of anilines is 3. The Morgan fingerprint density at radius 2 is 1.14 bits per heavy atom. The largest absolute Gasteiger partial charge is 0.497 e. The molecule has 0 bridgehead atoms. The molecule has 280 valence electrons. The number of alkyl halides is 9. The molecule has 22 heteroatoms. The van der Waals surface area contributed by atoms with Gasteiger partial charge in [0.1, 0.15) is 5.75 Å². The van der Waals surface area contributed by atoms with Crippen molar-refractivity contribution in [1.29, 1.82) is 0 Å². The molecule has 1 aromatic heterocycles. The number of halogens is 10. The predicted molar refractivity (Wildman–Crippen MR) is 165 cm³/mol. The highest BCUT2D eigenvalue weighted by Gasteiger charge is 2.39. The summed E-state index contributed by atoms with van der Waals surface area (Å²) >= 11 is 3.56. The van der Waals surface area contributed by atoms with Crippen molar-refractivity contribution in [3.05, 3.63) is 77.0 Å². The lowest BCUT2D eigenvalue weighted by Crippen LogP contribution is -2.46. The number of hydrogen-bond acceptors (Lipinski definition) is 8. The lowest BCUT2D eigenvalue weighted by atomic mass is 10.1. The van der Waals surface area contributed by atoms with E-state index in [1.807, 2.05) is 54.9 Å². The molecule has 12 nitrogen and oxygen atoms in total. The molecule has 1 amide bonds. The molecule has 1 aliphatic heterocycles. The van der Waals surface area contributed by atoms with E-state index in [0.29, 0.717) is 17.0 Å². The minimum Gasteiger partial charge on any atom is -0.497 e. The molecular weight excluding hydrogens is 783 g/mol. The third kappa shape index (κ3) is 16.3. The van der Waals surface area contributed by atoms with Gasteiger partial charge in [-0.2, -0.15) is 39.5 Å². The molecule has 2 aromatic carbocycles. The van der Waals surface area contributed by atoms with Crippen molar-refractivity contribution in [2.24, 2.45) is 0 Å². The van der Waals surface area contributed by atoms with Crippen molar-refractivity contribution in [2.45, 2.75) is 18.5 Å². The minimum absolute atomic E-state index is 0.152. The van der Waals surface area contributed by atoms with Crippen molar-refractivity contribution < 1.29 is 78.7 Å². The number of aromatic nitrogens is 1. The topological polar surface area (TPSA) is 170 Å². The quantitative estimate of drug-likeness (QED) is 0.213. The van der Waals surface area contributed by atoms with Crippen LogP contribution in [-0.2, 0) is 14.4 Å². The summed E-state index contributed by atoms with van der Waals surface area (Å²) < 4.78 is 101. The number of rotatable bonds is 5. The zero-order chi connectivity index (χ0) is 39.2. The van der Waals surface area contributed by atoms with E-state index in [1.54, 1.807) is 13.2 Å². The molecular formula is C29H26BrF9N4O8. The van der Waals surface area contributed by atoms with Crippen LogP contribution in [0.2, 0.25) is 0 Å². The fourth-order valence-electron chi connectivity index (χ4n) is 3.57. The van der Waals surface area contributed by atoms with E-state index >= 15 is 0 Å². The Kier molecular flexibility index (Phi) is 16.5. The van der Waals surface area contributed by atoms with Crippen molar-refractivity contribution >= 4 is 56.8 Å². The number of amides is 1. The standard InChI is InChI=1S/C23H23BrN4O2.3C2HF3O2/c1-30-22-4-2-3-19(16-22)26-23(29)17-13-18(24)15-21(14-17)28-11-9-27(10-12-28)20-5-7-25-8-6-20;3*3-2(4,5)1(6)7/h2-8,13-16H,9-12H2,1H3,(H,26,29);3*(H,6,7). The molecule has 0 radical (unpaired) electrons. The maximum atomic E-state index is 12.8. The Bertz CT molecular complexity index is 1560. The van der Waals surface area contributed by atoms with Gasteiger partial charge < -0.3 is 35.2 Å². The molecule has 0 saturated carbocycles. The zero-order valence-corrected chi connectivity index (χ0v) is 27.3. The number of carbonyl (C=O) groups excluding carboxylic acids is 1. The van der Waals surface area contributed by atoms with Crippen LogP contribution in [0.1, 0.15) is 10.4 Å². The van der Waals surface area contributed by atoms with Crippen LogP contribution >= 0.6 is 15.9 Å². The summed E-state index contributed by atoms with van der Waals surface area (Å²) in [6.07, 6.45) is -11.6. The highest BCUT2D eigenvalue weighted by molar-refractivity contribution is 9.10. The average molecular weight is 809 g/mol. The number of ether oxygens (including phenoxy) is 1. The molecule has 51 heavy (non-hydrogen) atoms. The van der Waals surface area contributed by atoms with E-state index in [0.717, 1.165) is 36.3 Å². The molecule has 1 fully saturated rings. The number of nitrogens with zero attached hydrogens (tertiary/aromatic N) is 3. The fraction of sp³-hybridized carbons (Fsp3) is 0.276. The first-order valence-corrected chi connectivity index (χ1v) is 14.3. The monoisotopic (exact) mass is 808 g/mol. The van der Waals surface area contributed by atoms with Gasteiger partial charge in [0.15, 0.2) is 0 Å². The summed E-state index contributed by atoms with van der Waals surface area (Å²) in [5.74, 6) is -7.72. The Morgan fingerprint density at radius 1 is 0.706 bits per heavy atom. The molecule has 1 aliphatic rings. The van der Waals surface area contributed by atoms with Crippen LogP contribution in [0.15, 0.2) is 71.5 Å². The first-order valence-electron chi connectivity index (χ1n) is 13.5. The average Bonchev–Trinajstić information content (AvgIpc) is 3.04. The van der Waals surface area contributed by atoms with Crippen LogP contribution in [0.4, 0.5) is 56.6 Å². The van der Waals surface area contributed by atoms with Crippen LogP contribution in [0.3, 0.4) is 0 Å². The SMILES string of the molecule is COc1cccc(NC(=O)c2cc(Br)cc(N3CCN(c4ccncc4)CC3)c2)c1.O=C(O)C(F)(F)F.O=C(O)C(F)(F)F.O=C(O)C(F)(F)F. The maximum absolute atomic E-state index is 12.8. The number of piperazine rings is 1. The summed E-state index contributed by atoms with van der Waals surface area (Å²) in [4.78, 5) is 48.3. The van der Waals surface area contributed by atoms with E-state index in [-0.39, 0.29) is 5.91 Å². The third-order valence-electron chi connectivity index (χ3n) is 5.87. The number of carbonyl (C=O) groups is 4. The number of methoxy groups -OCH3 is 1. The van der Waals surface area contributed by atoms with Crippen molar-refractivity contribution in [3.63, 3.8) is 0 Å². The summed E-state index contributed by atoms with van der Waals surface area (Å²) in [5, 5.41) is 24.3.